The maximum Gasteiger partial charge on any atom is 0.325 e. The number of H-pyrrole nitrogens is 2. The molecule has 3 aromatic heterocycles. The van der Waals surface area contributed by atoms with Crippen LogP contribution >= 0.6 is 0 Å². The van der Waals surface area contributed by atoms with E-state index in [1.165, 1.54) is 10.7 Å². The SMILES string of the molecule is O=c1[nH]cc(-c2cc(N3CC(F)(c4ccccc4)C3)c3nccn3n2)c(=O)[nH]1. The Balaban J connectivity index is 1.56. The van der Waals surface area contributed by atoms with Crippen LogP contribution in [-0.2, 0) is 5.67 Å². The van der Waals surface area contributed by atoms with Gasteiger partial charge in [-0.3, -0.25) is 9.78 Å². The van der Waals surface area contributed by atoms with Crippen molar-refractivity contribution in [1.82, 2.24) is 24.6 Å². The lowest BCUT2D eigenvalue weighted by atomic mass is 9.87. The van der Waals surface area contributed by atoms with Crippen molar-refractivity contribution < 1.29 is 4.39 Å². The van der Waals surface area contributed by atoms with Crippen molar-refractivity contribution in [2.75, 3.05) is 18.0 Å². The Labute approximate surface area is 157 Å². The molecular formula is C19H15FN6O2. The third-order valence-corrected chi connectivity index (χ3v) is 4.95. The maximum absolute atomic E-state index is 15.3. The van der Waals surface area contributed by atoms with Crippen LogP contribution in [0.15, 0.2) is 64.6 Å². The first-order valence-corrected chi connectivity index (χ1v) is 8.70. The van der Waals surface area contributed by atoms with Gasteiger partial charge in [-0.15, -0.1) is 0 Å². The van der Waals surface area contributed by atoms with Crippen LogP contribution in [0.2, 0.25) is 0 Å². The highest BCUT2D eigenvalue weighted by Crippen LogP contribution is 2.40. The highest BCUT2D eigenvalue weighted by Gasteiger charge is 2.45. The number of halogens is 1. The van der Waals surface area contributed by atoms with E-state index >= 15 is 4.39 Å². The monoisotopic (exact) mass is 378 g/mol. The van der Waals surface area contributed by atoms with Crippen LogP contribution in [0.5, 0.6) is 0 Å². The van der Waals surface area contributed by atoms with Crippen molar-refractivity contribution >= 4 is 11.3 Å². The van der Waals surface area contributed by atoms with E-state index in [2.05, 4.69) is 20.1 Å². The third kappa shape index (κ3) is 2.51. The van der Waals surface area contributed by atoms with Gasteiger partial charge in [0, 0.05) is 18.6 Å². The molecule has 1 fully saturated rings. The van der Waals surface area contributed by atoms with Gasteiger partial charge in [-0.25, -0.2) is 18.7 Å². The zero-order valence-electron chi connectivity index (χ0n) is 14.6. The second-order valence-corrected chi connectivity index (χ2v) is 6.78. The highest BCUT2D eigenvalue weighted by molar-refractivity contribution is 5.75. The topological polar surface area (TPSA) is 99.2 Å². The van der Waals surface area contributed by atoms with Gasteiger partial charge >= 0.3 is 5.69 Å². The molecule has 1 aliphatic heterocycles. The minimum Gasteiger partial charge on any atom is -0.361 e. The van der Waals surface area contributed by atoms with Crippen LogP contribution in [0.4, 0.5) is 10.1 Å². The number of imidazole rings is 1. The molecule has 28 heavy (non-hydrogen) atoms. The molecule has 0 saturated carbocycles. The summed E-state index contributed by atoms with van der Waals surface area (Å²) in [7, 11) is 0. The molecule has 5 rings (SSSR count). The number of hydrogen-bond acceptors (Lipinski definition) is 5. The molecule has 1 saturated heterocycles. The number of rotatable bonds is 3. The van der Waals surface area contributed by atoms with E-state index in [1.807, 2.05) is 23.1 Å². The summed E-state index contributed by atoms with van der Waals surface area (Å²) in [6, 6.07) is 10.7. The number of anilines is 1. The van der Waals surface area contributed by atoms with Crippen LogP contribution in [0.3, 0.4) is 0 Å². The first kappa shape index (κ1) is 16.4. The molecule has 2 N–H and O–H groups in total. The van der Waals surface area contributed by atoms with Crippen molar-refractivity contribution in [2.45, 2.75) is 5.67 Å². The number of nitrogens with zero attached hydrogens (tertiary/aromatic N) is 4. The lowest BCUT2D eigenvalue weighted by Gasteiger charge is -2.46. The quantitative estimate of drug-likeness (QED) is 0.562. The van der Waals surface area contributed by atoms with Gasteiger partial charge in [-0.2, -0.15) is 5.10 Å². The largest absolute Gasteiger partial charge is 0.361 e. The van der Waals surface area contributed by atoms with Crippen molar-refractivity contribution in [3.05, 3.63) is 81.4 Å². The smallest absolute Gasteiger partial charge is 0.325 e. The number of alkyl halides is 1. The molecule has 0 bridgehead atoms. The van der Waals surface area contributed by atoms with Gasteiger partial charge in [0.25, 0.3) is 5.56 Å². The molecule has 1 aromatic carbocycles. The summed E-state index contributed by atoms with van der Waals surface area (Å²) < 4.78 is 16.8. The molecule has 0 unspecified atom stereocenters. The van der Waals surface area contributed by atoms with E-state index in [4.69, 9.17) is 0 Å². The Bertz CT molecular complexity index is 1290. The number of nitrogens with one attached hydrogen (secondary N) is 2. The average Bonchev–Trinajstić information content (AvgIpc) is 3.14. The second-order valence-electron chi connectivity index (χ2n) is 6.78. The fourth-order valence-electron chi connectivity index (χ4n) is 3.51. The molecular weight excluding hydrogens is 363 g/mol. The molecule has 9 heteroatoms. The van der Waals surface area contributed by atoms with Crippen molar-refractivity contribution in [3.63, 3.8) is 0 Å². The summed E-state index contributed by atoms with van der Waals surface area (Å²) in [5.41, 5.74) is -0.133. The molecule has 8 nitrogen and oxygen atoms in total. The van der Waals surface area contributed by atoms with Crippen molar-refractivity contribution in [2.24, 2.45) is 0 Å². The van der Waals surface area contributed by atoms with E-state index in [1.54, 1.807) is 30.6 Å². The molecule has 0 spiro atoms. The summed E-state index contributed by atoms with van der Waals surface area (Å²) in [6.45, 7) is 0.343. The van der Waals surface area contributed by atoms with E-state index < -0.39 is 16.9 Å². The van der Waals surface area contributed by atoms with Crippen LogP contribution in [0.1, 0.15) is 5.56 Å². The molecule has 0 atom stereocenters. The molecule has 0 amide bonds. The molecule has 0 aliphatic carbocycles. The van der Waals surface area contributed by atoms with Gasteiger partial charge in [0.05, 0.1) is 24.3 Å². The van der Waals surface area contributed by atoms with Gasteiger partial charge in [0.15, 0.2) is 11.3 Å². The van der Waals surface area contributed by atoms with E-state index in [0.29, 0.717) is 22.6 Å². The number of aromatic amines is 2. The predicted octanol–water partition coefficient (Wildman–Crippen LogP) is 1.46. The number of benzene rings is 1. The minimum atomic E-state index is -1.44. The maximum atomic E-state index is 15.3. The number of aromatic nitrogens is 5. The Morgan fingerprint density at radius 2 is 1.93 bits per heavy atom. The summed E-state index contributed by atoms with van der Waals surface area (Å²) >= 11 is 0. The third-order valence-electron chi connectivity index (χ3n) is 4.95. The average molecular weight is 378 g/mol. The molecule has 1 aliphatic rings. The first-order chi connectivity index (χ1) is 13.5. The number of hydrogen-bond donors (Lipinski definition) is 2. The fourth-order valence-corrected chi connectivity index (χ4v) is 3.51. The van der Waals surface area contributed by atoms with Gasteiger partial charge < -0.3 is 9.88 Å². The lowest BCUT2D eigenvalue weighted by Crippen LogP contribution is -2.57. The van der Waals surface area contributed by atoms with Gasteiger partial charge in [0.1, 0.15) is 5.69 Å². The van der Waals surface area contributed by atoms with Crippen molar-refractivity contribution in [1.29, 1.82) is 0 Å². The summed E-state index contributed by atoms with van der Waals surface area (Å²) in [5, 5.41) is 4.38. The lowest BCUT2D eigenvalue weighted by molar-refractivity contribution is 0.120. The molecule has 0 radical (unpaired) electrons. The normalized spacial score (nSPS) is 15.5. The zero-order valence-corrected chi connectivity index (χ0v) is 14.6. The Hall–Kier alpha value is -3.75. The van der Waals surface area contributed by atoms with Gasteiger partial charge in [-0.1, -0.05) is 30.3 Å². The minimum absolute atomic E-state index is 0.172. The van der Waals surface area contributed by atoms with Crippen LogP contribution in [0.25, 0.3) is 16.9 Å². The van der Waals surface area contributed by atoms with Crippen molar-refractivity contribution in [3.8, 4) is 11.3 Å². The van der Waals surface area contributed by atoms with Crippen LogP contribution in [-0.4, -0.2) is 37.7 Å². The summed E-state index contributed by atoms with van der Waals surface area (Å²) in [6.07, 6.45) is 4.56. The Kier molecular flexibility index (Phi) is 3.45. The fraction of sp³-hybridized carbons (Fsp3) is 0.158. The summed E-state index contributed by atoms with van der Waals surface area (Å²) in [5.74, 6) is 0. The molecule has 140 valence electrons. The Morgan fingerprint density at radius 3 is 2.68 bits per heavy atom. The zero-order chi connectivity index (χ0) is 19.3. The van der Waals surface area contributed by atoms with E-state index in [-0.39, 0.29) is 18.7 Å². The van der Waals surface area contributed by atoms with E-state index in [0.717, 1.165) is 0 Å². The first-order valence-electron chi connectivity index (χ1n) is 8.70. The highest BCUT2D eigenvalue weighted by atomic mass is 19.1. The Morgan fingerprint density at radius 1 is 1.14 bits per heavy atom. The van der Waals surface area contributed by atoms with Crippen LogP contribution < -0.4 is 16.1 Å². The van der Waals surface area contributed by atoms with E-state index in [9.17, 15) is 9.59 Å². The molecule has 4 aromatic rings. The predicted molar refractivity (Wildman–Crippen MR) is 101 cm³/mol. The number of fused-ring (bicyclic) bond motifs is 1. The second kappa shape index (κ2) is 5.88. The summed E-state index contributed by atoms with van der Waals surface area (Å²) in [4.78, 5) is 34.2. The van der Waals surface area contributed by atoms with Gasteiger partial charge in [0.2, 0.25) is 0 Å². The van der Waals surface area contributed by atoms with Gasteiger partial charge in [-0.05, 0) is 11.6 Å². The molecule has 4 heterocycles. The standard InChI is InChI=1S/C19H15FN6O2/c20-19(12-4-2-1-3-5-12)10-25(11-19)15-8-14(24-26-7-6-21-16(15)26)13-9-22-18(28)23-17(13)27/h1-9H,10-11H2,(H2,22,23,27,28). The van der Waals surface area contributed by atoms with Crippen LogP contribution in [0, 0.1) is 0 Å².